The zero-order valence-electron chi connectivity index (χ0n) is 12.1. The van der Waals surface area contributed by atoms with E-state index in [0.29, 0.717) is 24.5 Å². The maximum atomic E-state index is 11.3. The van der Waals surface area contributed by atoms with Gasteiger partial charge in [0.25, 0.3) is 0 Å². The fraction of sp³-hybridized carbons (Fsp3) is 0.412. The molecule has 0 radical (unpaired) electrons. The number of ketones is 1. The first-order valence-electron chi connectivity index (χ1n) is 7.27. The van der Waals surface area contributed by atoms with Gasteiger partial charge in [-0.2, -0.15) is 0 Å². The Morgan fingerprint density at radius 2 is 1.95 bits per heavy atom. The molecule has 104 valence electrons. The fourth-order valence-electron chi connectivity index (χ4n) is 2.92. The van der Waals surface area contributed by atoms with E-state index >= 15 is 0 Å². The van der Waals surface area contributed by atoms with Gasteiger partial charge in [-0.25, -0.2) is 4.98 Å². The number of hydrogen-bond acceptors (Lipinski definition) is 2. The van der Waals surface area contributed by atoms with Gasteiger partial charge in [-0.15, -0.1) is 0 Å². The molecular formula is C17H20N2O. The molecule has 3 heteroatoms. The van der Waals surface area contributed by atoms with Crippen molar-refractivity contribution in [2.75, 3.05) is 0 Å². The number of nitrogens with one attached hydrogen (secondary N) is 1. The highest BCUT2D eigenvalue weighted by atomic mass is 16.1. The van der Waals surface area contributed by atoms with Gasteiger partial charge in [0, 0.05) is 24.3 Å². The molecule has 0 bridgehead atoms. The topological polar surface area (TPSA) is 45.8 Å². The van der Waals surface area contributed by atoms with Crippen molar-refractivity contribution in [3.05, 3.63) is 41.3 Å². The zero-order valence-corrected chi connectivity index (χ0v) is 12.1. The molecule has 2 aromatic rings. The molecule has 1 aliphatic rings. The molecule has 0 aliphatic heterocycles. The van der Waals surface area contributed by atoms with Crippen molar-refractivity contribution in [1.29, 1.82) is 0 Å². The number of carbonyl (C=O) groups is 1. The van der Waals surface area contributed by atoms with Crippen molar-refractivity contribution >= 4 is 5.78 Å². The summed E-state index contributed by atoms with van der Waals surface area (Å²) in [5, 5.41) is 0. The van der Waals surface area contributed by atoms with Crippen molar-refractivity contribution in [2.45, 2.75) is 45.4 Å². The second kappa shape index (κ2) is 5.23. The first kappa shape index (κ1) is 13.1. The summed E-state index contributed by atoms with van der Waals surface area (Å²) in [6, 6.07) is 6.46. The van der Waals surface area contributed by atoms with Crippen molar-refractivity contribution in [3.8, 4) is 11.3 Å². The van der Waals surface area contributed by atoms with Gasteiger partial charge in [0.15, 0.2) is 0 Å². The Bertz CT molecular complexity index is 632. The molecule has 3 rings (SSSR count). The third-order valence-corrected chi connectivity index (χ3v) is 4.21. The molecule has 1 aromatic heterocycles. The smallest absolute Gasteiger partial charge is 0.132 e. The summed E-state index contributed by atoms with van der Waals surface area (Å²) >= 11 is 0. The lowest BCUT2D eigenvalue weighted by molar-refractivity contribution is -0.120. The highest BCUT2D eigenvalue weighted by Gasteiger charge is 2.22. The Morgan fingerprint density at radius 3 is 2.70 bits per heavy atom. The van der Waals surface area contributed by atoms with Crippen LogP contribution >= 0.6 is 0 Å². The SMILES string of the molecule is Cc1ccc(C)c(-c2cnc(C3CCC(=O)CC3)[nH]2)c1. The van der Waals surface area contributed by atoms with Crippen LogP contribution in [-0.4, -0.2) is 15.8 Å². The number of benzene rings is 1. The highest BCUT2D eigenvalue weighted by molar-refractivity contribution is 5.79. The molecule has 0 unspecified atom stereocenters. The molecule has 1 fully saturated rings. The normalized spacial score (nSPS) is 16.6. The van der Waals surface area contributed by atoms with Crippen molar-refractivity contribution in [3.63, 3.8) is 0 Å². The molecule has 3 nitrogen and oxygen atoms in total. The maximum Gasteiger partial charge on any atom is 0.132 e. The monoisotopic (exact) mass is 268 g/mol. The fourth-order valence-corrected chi connectivity index (χ4v) is 2.92. The molecule has 1 aliphatic carbocycles. The van der Waals surface area contributed by atoms with Gasteiger partial charge in [0.05, 0.1) is 11.9 Å². The van der Waals surface area contributed by atoms with E-state index in [4.69, 9.17) is 0 Å². The molecule has 1 heterocycles. The predicted molar refractivity (Wildman–Crippen MR) is 79.7 cm³/mol. The van der Waals surface area contributed by atoms with E-state index in [1.807, 2.05) is 6.20 Å². The maximum absolute atomic E-state index is 11.3. The predicted octanol–water partition coefficient (Wildman–Crippen LogP) is 3.92. The molecule has 1 aromatic carbocycles. The molecule has 20 heavy (non-hydrogen) atoms. The van der Waals surface area contributed by atoms with Crippen LogP contribution in [0.3, 0.4) is 0 Å². The summed E-state index contributed by atoms with van der Waals surface area (Å²) in [5.41, 5.74) is 4.81. The lowest BCUT2D eigenvalue weighted by atomic mass is 9.88. The van der Waals surface area contributed by atoms with E-state index in [1.165, 1.54) is 16.7 Å². The van der Waals surface area contributed by atoms with Crippen LogP contribution in [0, 0.1) is 13.8 Å². The van der Waals surface area contributed by atoms with E-state index in [-0.39, 0.29) is 0 Å². The number of rotatable bonds is 2. The second-order valence-electron chi connectivity index (χ2n) is 5.81. The van der Waals surface area contributed by atoms with Crippen LogP contribution in [0.2, 0.25) is 0 Å². The number of carbonyl (C=O) groups excluding carboxylic acids is 1. The number of imidazole rings is 1. The minimum atomic E-state index is 0.391. The Labute approximate surface area is 119 Å². The van der Waals surface area contributed by atoms with Crippen molar-refractivity contribution < 1.29 is 4.79 Å². The van der Waals surface area contributed by atoms with E-state index in [9.17, 15) is 4.79 Å². The van der Waals surface area contributed by atoms with E-state index in [0.717, 1.165) is 24.4 Å². The Kier molecular flexibility index (Phi) is 3.43. The molecular weight excluding hydrogens is 248 g/mol. The number of aromatic amines is 1. The van der Waals surface area contributed by atoms with Gasteiger partial charge in [-0.3, -0.25) is 4.79 Å². The van der Waals surface area contributed by atoms with Gasteiger partial charge in [-0.05, 0) is 38.3 Å². The van der Waals surface area contributed by atoms with Crippen LogP contribution in [-0.2, 0) is 4.79 Å². The van der Waals surface area contributed by atoms with Crippen LogP contribution in [0.5, 0.6) is 0 Å². The van der Waals surface area contributed by atoms with Crippen LogP contribution in [0.4, 0.5) is 0 Å². The Balaban J connectivity index is 1.86. The first-order valence-corrected chi connectivity index (χ1v) is 7.27. The number of nitrogens with zero attached hydrogens (tertiary/aromatic N) is 1. The average molecular weight is 268 g/mol. The third-order valence-electron chi connectivity index (χ3n) is 4.21. The minimum absolute atomic E-state index is 0.391. The largest absolute Gasteiger partial charge is 0.342 e. The molecule has 0 saturated heterocycles. The standard InChI is InChI=1S/C17H20N2O/c1-11-3-4-12(2)15(9-11)16-10-18-17(19-16)13-5-7-14(20)8-6-13/h3-4,9-10,13H,5-8H2,1-2H3,(H,18,19). The zero-order chi connectivity index (χ0) is 14.1. The number of H-pyrrole nitrogens is 1. The van der Waals surface area contributed by atoms with E-state index in [1.54, 1.807) is 0 Å². The van der Waals surface area contributed by atoms with Crippen LogP contribution < -0.4 is 0 Å². The summed E-state index contributed by atoms with van der Waals surface area (Å²) in [5.74, 6) is 1.84. The molecule has 0 spiro atoms. The average Bonchev–Trinajstić information content (AvgIpc) is 2.92. The summed E-state index contributed by atoms with van der Waals surface area (Å²) in [6.45, 7) is 4.22. The van der Waals surface area contributed by atoms with Crippen LogP contribution in [0.25, 0.3) is 11.3 Å². The molecule has 0 atom stereocenters. The van der Waals surface area contributed by atoms with Gasteiger partial charge in [0.1, 0.15) is 11.6 Å². The van der Waals surface area contributed by atoms with E-state index < -0.39 is 0 Å². The number of hydrogen-bond donors (Lipinski definition) is 1. The number of aromatic nitrogens is 2. The van der Waals surface area contributed by atoms with Crippen LogP contribution in [0.1, 0.15) is 48.6 Å². The van der Waals surface area contributed by atoms with Gasteiger partial charge >= 0.3 is 0 Å². The van der Waals surface area contributed by atoms with Gasteiger partial charge in [0.2, 0.25) is 0 Å². The molecule has 1 saturated carbocycles. The molecule has 0 amide bonds. The summed E-state index contributed by atoms with van der Waals surface area (Å²) in [6.07, 6.45) is 5.18. The quantitative estimate of drug-likeness (QED) is 0.897. The van der Waals surface area contributed by atoms with Crippen LogP contribution in [0.15, 0.2) is 24.4 Å². The minimum Gasteiger partial charge on any atom is -0.342 e. The first-order chi connectivity index (χ1) is 9.63. The van der Waals surface area contributed by atoms with Crippen molar-refractivity contribution in [2.24, 2.45) is 0 Å². The Morgan fingerprint density at radius 1 is 1.20 bits per heavy atom. The Hall–Kier alpha value is -1.90. The highest BCUT2D eigenvalue weighted by Crippen LogP contribution is 2.31. The number of Topliss-reactive ketones (excluding diaryl/α,β-unsaturated/α-hetero) is 1. The van der Waals surface area contributed by atoms with E-state index in [2.05, 4.69) is 42.0 Å². The summed E-state index contributed by atoms with van der Waals surface area (Å²) in [7, 11) is 0. The molecule has 1 N–H and O–H groups in total. The lowest BCUT2D eigenvalue weighted by Crippen LogP contribution is -2.13. The van der Waals surface area contributed by atoms with Crippen molar-refractivity contribution in [1.82, 2.24) is 9.97 Å². The second-order valence-corrected chi connectivity index (χ2v) is 5.81. The van der Waals surface area contributed by atoms with Gasteiger partial charge < -0.3 is 4.98 Å². The van der Waals surface area contributed by atoms with Gasteiger partial charge in [-0.1, -0.05) is 17.7 Å². The summed E-state index contributed by atoms with van der Waals surface area (Å²) in [4.78, 5) is 19.3. The summed E-state index contributed by atoms with van der Waals surface area (Å²) < 4.78 is 0. The number of aryl methyl sites for hydroxylation is 2. The lowest BCUT2D eigenvalue weighted by Gasteiger charge is -2.18. The third kappa shape index (κ3) is 2.53.